The first-order valence-electron chi connectivity index (χ1n) is 30.0. The summed E-state index contributed by atoms with van der Waals surface area (Å²) in [7, 11) is -23.1. The summed E-state index contributed by atoms with van der Waals surface area (Å²) < 4.78 is 146. The van der Waals surface area contributed by atoms with Crippen LogP contribution in [0.2, 0.25) is 0 Å². The molecule has 109 heavy (non-hydrogen) atoms. The van der Waals surface area contributed by atoms with E-state index in [1.807, 2.05) is 0 Å². The Hall–Kier alpha value is -14.9. The second-order valence-electron chi connectivity index (χ2n) is 24.7. The third-order valence-electron chi connectivity index (χ3n) is 17.8. The zero-order chi connectivity index (χ0) is 79.2. The minimum absolute atomic E-state index is 0.00300. The Kier molecular flexibility index (Phi) is 17.9. The largest absolute Gasteiger partial charge is 0.375 e. The molecule has 0 atom stereocenters. The highest BCUT2D eigenvalue weighted by molar-refractivity contribution is 7.88. The molecular formula is C61H32N24O20S4. The number of azide groups is 8. The molecule has 0 heterocycles. The molecule has 0 bridgehead atoms. The van der Waals surface area contributed by atoms with Crippen molar-refractivity contribution in [2.75, 3.05) is 0 Å². The fraction of sp³-hybridized carbons (Fsp3) is 0.148. The van der Waals surface area contributed by atoms with Gasteiger partial charge >= 0.3 is 40.5 Å². The molecule has 0 aliphatic heterocycles. The number of carbonyl (C=O) groups excluding carboxylic acids is 8. The van der Waals surface area contributed by atoms with E-state index in [1.165, 1.54) is 0 Å². The average Bonchev–Trinajstić information content (AvgIpc) is 1.52. The maximum atomic E-state index is 15.4. The first-order chi connectivity index (χ1) is 51.5. The number of Topliss-reactive ketones (excluding diaryl/α,β-unsaturated/α-hetero) is 8. The number of carbonyl (C=O) groups is 8. The molecule has 0 N–H and O–H groups in total. The van der Waals surface area contributed by atoms with E-state index in [1.54, 1.807) is 27.7 Å². The SMILES string of the molecule is CC1(C)CC2(CC(C)(C)c3cc(OS(=O)(=O)c4cccc5c4C(N=[N+]=[N-])=C(N=[N+]=[N-])C(=O)C5=O)c(OS(=O)(=O)c4cccc5c4C(N=[N+]=[N-])=C(N=[N+]=[N-])C(=O)C5=O)cc32)c2cc(OS(=O)(=O)c3cccc4c3C(N=[N+]=[N-])=C(N=[N+]=[N-])C(=O)C4=O)c(OS(=O)(=O)c3cccc4c3C(N=[N+]=[N-])=C(N=[N+]=[N-])C(=O)C4=O)cc21. The molecule has 6 aliphatic carbocycles. The highest BCUT2D eigenvalue weighted by Gasteiger charge is 2.58. The Labute approximate surface area is 605 Å². The van der Waals surface area contributed by atoms with Crippen LogP contribution < -0.4 is 16.7 Å². The monoisotopic (exact) mass is 1550 g/mol. The molecule has 48 heteroatoms. The first kappa shape index (κ1) is 73.9. The third kappa shape index (κ3) is 11.7. The van der Waals surface area contributed by atoms with E-state index in [0.29, 0.717) is 0 Å². The van der Waals surface area contributed by atoms with Gasteiger partial charge in [0.05, 0.1) is 45.6 Å². The second-order valence-corrected chi connectivity index (χ2v) is 30.8. The maximum Gasteiger partial charge on any atom is 0.339 e. The second kappa shape index (κ2) is 26.4. The predicted molar refractivity (Wildman–Crippen MR) is 364 cm³/mol. The molecule has 0 unspecified atom stereocenters. The molecule has 0 saturated heterocycles. The fourth-order valence-corrected chi connectivity index (χ4v) is 18.5. The highest BCUT2D eigenvalue weighted by Crippen LogP contribution is 2.65. The molecule has 44 nitrogen and oxygen atoms in total. The van der Waals surface area contributed by atoms with Crippen LogP contribution in [0.5, 0.6) is 23.0 Å². The lowest BCUT2D eigenvalue weighted by Gasteiger charge is -2.31. The van der Waals surface area contributed by atoms with Crippen molar-refractivity contribution in [1.82, 2.24) is 0 Å². The van der Waals surface area contributed by atoms with Gasteiger partial charge in [0.15, 0.2) is 23.0 Å². The standard InChI is InChI=1S/C61H32N24O20S4/c1-59(2)21-61(29-19-33(104-108(98,99)37-15-7-11-25-41(37)45(72-80-64)49(76-84-68)57(92)53(25)88)31(17-27(29)59)102-106(94,95)35-13-5-9-23-39(35)43(70-78-62)47(74-82-66)55(90)51(23)86)22-60(3,4)28-18-32(103-107(96,97)36-14-6-10-24-40(36)44(71-79-63)48(75-83-67)56(91)52(24)87)34(20-30(28)61)105-109(100,101)38-16-8-12-26-42(38)46(73-81-65)50(77-85-69)58(93)54(26)89/h5-20H,21-22H2,1-4H3. The predicted octanol–water partition coefficient (Wildman–Crippen LogP) is 12.6. The molecule has 6 aliphatic rings. The zero-order valence-electron chi connectivity index (χ0n) is 54.7. The van der Waals surface area contributed by atoms with Gasteiger partial charge < -0.3 is 16.7 Å². The van der Waals surface area contributed by atoms with Crippen LogP contribution in [0, 0.1) is 0 Å². The van der Waals surface area contributed by atoms with E-state index in [-0.39, 0.29) is 35.1 Å². The van der Waals surface area contributed by atoms with Crippen LogP contribution in [0.15, 0.2) is 180 Å². The van der Waals surface area contributed by atoms with Gasteiger partial charge in [-0.2, -0.15) is 33.7 Å². The summed E-state index contributed by atoms with van der Waals surface area (Å²) >= 11 is 0. The molecule has 0 amide bonds. The summed E-state index contributed by atoms with van der Waals surface area (Å²) in [5.74, 6) is -16.8. The molecule has 12 rings (SSSR count). The quantitative estimate of drug-likeness (QED) is 0.0225. The molecule has 6 aromatic carbocycles. The molecule has 0 fully saturated rings. The lowest BCUT2D eigenvalue weighted by atomic mass is 9.72. The molecule has 540 valence electrons. The van der Waals surface area contributed by atoms with E-state index in [4.69, 9.17) is 16.7 Å². The van der Waals surface area contributed by atoms with Crippen molar-refractivity contribution in [1.29, 1.82) is 0 Å². The Balaban J connectivity index is 1.13. The number of benzene rings is 6. The van der Waals surface area contributed by atoms with E-state index in [0.717, 1.165) is 97.1 Å². The van der Waals surface area contributed by atoms with Crippen molar-refractivity contribution in [2.24, 2.45) is 40.9 Å². The van der Waals surface area contributed by atoms with E-state index >= 15 is 33.7 Å². The smallest absolute Gasteiger partial charge is 0.339 e. The normalized spacial score (nSPS) is 17.2. The summed E-state index contributed by atoms with van der Waals surface area (Å²) in [6, 6.07) is 14.1. The van der Waals surface area contributed by atoms with Crippen molar-refractivity contribution >= 4 is 110 Å². The van der Waals surface area contributed by atoms with Gasteiger partial charge in [-0.05, 0) is 139 Å². The van der Waals surface area contributed by atoms with Crippen molar-refractivity contribution in [3.05, 3.63) is 270 Å². The number of hydrogen-bond acceptors (Lipinski definition) is 28. The minimum Gasteiger partial charge on any atom is -0.375 e. The lowest BCUT2D eigenvalue weighted by Crippen LogP contribution is -2.27. The van der Waals surface area contributed by atoms with Crippen LogP contribution in [0.3, 0.4) is 0 Å². The third-order valence-corrected chi connectivity index (χ3v) is 22.9. The van der Waals surface area contributed by atoms with Gasteiger partial charge in [0, 0.05) is 89.2 Å². The van der Waals surface area contributed by atoms with Crippen LogP contribution in [0.1, 0.15) is 126 Å². The van der Waals surface area contributed by atoms with Crippen molar-refractivity contribution < 1.29 is 88.8 Å². The van der Waals surface area contributed by atoms with Gasteiger partial charge in [-0.25, -0.2) is 0 Å². The van der Waals surface area contributed by atoms with Crippen LogP contribution >= 0.6 is 0 Å². The van der Waals surface area contributed by atoms with Crippen molar-refractivity contribution in [3.63, 3.8) is 0 Å². The molecule has 0 radical (unpaired) electrons. The van der Waals surface area contributed by atoms with Crippen LogP contribution in [-0.4, -0.2) is 79.9 Å². The first-order valence-corrected chi connectivity index (χ1v) is 35.6. The lowest BCUT2D eigenvalue weighted by molar-refractivity contribution is -0.112. The van der Waals surface area contributed by atoms with Gasteiger partial charge in [-0.15, -0.1) is 0 Å². The molecule has 1 spiro atoms. The number of hydrogen-bond donors (Lipinski definition) is 0. The average molecular weight is 1550 g/mol. The number of nitrogens with zero attached hydrogens (tertiary/aromatic N) is 24. The number of rotatable bonds is 20. The van der Waals surface area contributed by atoms with Crippen molar-refractivity contribution in [2.45, 2.75) is 76.4 Å². The molecular weight excluding hydrogens is 1520 g/mol. The van der Waals surface area contributed by atoms with Gasteiger partial charge in [-0.3, -0.25) is 38.4 Å². The number of fused-ring (bicyclic) bond motifs is 8. The van der Waals surface area contributed by atoms with Crippen molar-refractivity contribution in [3.8, 4) is 23.0 Å². The van der Waals surface area contributed by atoms with Crippen LogP contribution in [0.25, 0.3) is 106 Å². The van der Waals surface area contributed by atoms with Gasteiger partial charge in [0.1, 0.15) is 19.6 Å². The fourth-order valence-electron chi connectivity index (χ4n) is 13.9. The van der Waals surface area contributed by atoms with Gasteiger partial charge in [0.2, 0.25) is 46.3 Å². The topological polar surface area (TPSA) is 700 Å². The summed E-state index contributed by atoms with van der Waals surface area (Å²) in [6.45, 7) is 6.25. The van der Waals surface area contributed by atoms with E-state index in [2.05, 4.69) is 80.2 Å². The van der Waals surface area contributed by atoms with Gasteiger partial charge in [-0.1, -0.05) is 117 Å². The minimum atomic E-state index is -5.82. The Morgan fingerprint density at radius 3 is 0.688 bits per heavy atom. The summed E-state index contributed by atoms with van der Waals surface area (Å²) in [4.78, 5) is 124. The molecule has 0 saturated carbocycles. The molecule has 0 aromatic heterocycles. The zero-order valence-corrected chi connectivity index (χ0v) is 57.9. The van der Waals surface area contributed by atoms with Crippen LogP contribution in [-0.2, 0) is 75.9 Å². The van der Waals surface area contributed by atoms with Crippen LogP contribution in [0.4, 0.5) is 0 Å². The summed E-state index contributed by atoms with van der Waals surface area (Å²) in [5, 5.41) is 26.2. The summed E-state index contributed by atoms with van der Waals surface area (Å²) in [6.07, 6.45) is -0.519. The Morgan fingerprint density at radius 2 is 0.486 bits per heavy atom. The maximum absolute atomic E-state index is 15.4. The van der Waals surface area contributed by atoms with E-state index in [9.17, 15) is 82.6 Å². The Morgan fingerprint density at radius 1 is 0.294 bits per heavy atom. The highest BCUT2D eigenvalue weighted by atomic mass is 32.2. The molecule has 6 aromatic rings. The summed E-state index contributed by atoms with van der Waals surface area (Å²) in [5.41, 5.74) is 56.2. The van der Waals surface area contributed by atoms with E-state index < -0.39 is 236 Å². The number of ketones is 8. The Bertz CT molecular complexity index is 6210. The number of allylic oxidation sites excluding steroid dienone is 4. The van der Waals surface area contributed by atoms with Gasteiger partial charge in [0.25, 0.3) is 0 Å².